The van der Waals surface area contributed by atoms with Crippen LogP contribution in [0.1, 0.15) is 239 Å². The van der Waals surface area contributed by atoms with E-state index in [2.05, 4.69) is 160 Å². The number of carbonyl (C=O) groups is 2. The maximum Gasteiger partial charge on any atom is 0.306 e. The summed E-state index contributed by atoms with van der Waals surface area (Å²) in [5, 5.41) is 3.01. The summed E-state index contributed by atoms with van der Waals surface area (Å²) in [5.74, 6) is -0.616. The molecule has 0 heterocycles. The highest BCUT2D eigenvalue weighted by Gasteiger charge is 2.27. The fourth-order valence-corrected chi connectivity index (χ4v) is 9.10. The smallest absolute Gasteiger partial charge is 0.306 e. The summed E-state index contributed by atoms with van der Waals surface area (Å²) in [4.78, 5) is 40.0. The molecule has 0 rings (SSSR count). The number of phosphoric ester groups is 1. The summed E-state index contributed by atoms with van der Waals surface area (Å²) in [6.45, 7) is 6.55. The van der Waals surface area contributed by atoms with Gasteiger partial charge in [0.1, 0.15) is 19.3 Å². The van der Waals surface area contributed by atoms with Gasteiger partial charge in [-0.3, -0.25) is 14.2 Å². The predicted molar refractivity (Wildman–Crippen MR) is 348 cm³/mol. The van der Waals surface area contributed by atoms with Gasteiger partial charge in [0, 0.05) is 12.8 Å². The van der Waals surface area contributed by atoms with E-state index in [0.717, 1.165) is 128 Å². The average Bonchev–Trinajstić information content (AvgIpc) is 3.43. The normalized spacial score (nSPS) is 14.6. The Bertz CT molecular complexity index is 1890. The van der Waals surface area contributed by atoms with Crippen LogP contribution in [0.3, 0.4) is 0 Å². The number of carbonyl (C=O) groups excluding carboxylic acids is 2. The van der Waals surface area contributed by atoms with Gasteiger partial charge in [-0.25, -0.2) is 0 Å². The molecule has 0 aliphatic carbocycles. The van der Waals surface area contributed by atoms with Gasteiger partial charge in [-0.15, -0.1) is 0 Å². The molecule has 0 spiro atoms. The van der Waals surface area contributed by atoms with Gasteiger partial charge in [-0.1, -0.05) is 244 Å². The van der Waals surface area contributed by atoms with E-state index >= 15 is 0 Å². The molecule has 0 saturated carbocycles. The number of quaternary nitrogens is 1. The van der Waals surface area contributed by atoms with Crippen molar-refractivity contribution in [2.75, 3.05) is 40.9 Å². The van der Waals surface area contributed by atoms with Crippen molar-refractivity contribution >= 4 is 19.7 Å². The number of ether oxygens (including phenoxy) is 1. The zero-order valence-electron chi connectivity index (χ0n) is 52.4. The molecule has 3 atom stereocenters. The quantitative estimate of drug-likeness (QED) is 0.0212. The van der Waals surface area contributed by atoms with Crippen LogP contribution in [0.25, 0.3) is 0 Å². The first-order chi connectivity index (χ1) is 39.4. The van der Waals surface area contributed by atoms with Crippen LogP contribution in [-0.2, 0) is 27.9 Å². The average molecular weight is 1140 g/mol. The lowest BCUT2D eigenvalue weighted by Gasteiger charge is -2.30. The molecule has 0 bridgehead atoms. The lowest BCUT2D eigenvalue weighted by atomic mass is 10.1. The van der Waals surface area contributed by atoms with Crippen LogP contribution in [0, 0.1) is 0 Å². The third-order valence-electron chi connectivity index (χ3n) is 13.3. The number of allylic oxidation sites excluding steroid dienone is 23. The molecular weight excluding hydrogens is 1020 g/mol. The molecule has 0 aliphatic rings. The Morgan fingerprint density at radius 1 is 0.444 bits per heavy atom. The number of likely N-dealkylation sites (N-methyl/N-ethyl adjacent to an activating group) is 1. The number of esters is 1. The summed E-state index contributed by atoms with van der Waals surface area (Å²) in [6, 6.07) is -0.924. The summed E-state index contributed by atoms with van der Waals surface area (Å²) >= 11 is 0. The van der Waals surface area contributed by atoms with Crippen LogP contribution in [0.15, 0.2) is 146 Å². The molecule has 0 saturated heterocycles. The third-order valence-corrected chi connectivity index (χ3v) is 14.2. The number of hydrogen-bond acceptors (Lipinski definition) is 7. The minimum Gasteiger partial charge on any atom is -0.756 e. The molecule has 81 heavy (non-hydrogen) atoms. The fourth-order valence-electron chi connectivity index (χ4n) is 8.37. The van der Waals surface area contributed by atoms with Crippen molar-refractivity contribution in [3.8, 4) is 0 Å². The Hall–Kier alpha value is -4.11. The molecule has 10 heteroatoms. The van der Waals surface area contributed by atoms with E-state index in [1.54, 1.807) is 0 Å². The summed E-state index contributed by atoms with van der Waals surface area (Å²) in [6.07, 6.45) is 85.3. The molecule has 0 aromatic rings. The van der Waals surface area contributed by atoms with Gasteiger partial charge < -0.3 is 28.5 Å². The lowest BCUT2D eigenvalue weighted by Crippen LogP contribution is -2.47. The van der Waals surface area contributed by atoms with E-state index in [9.17, 15) is 19.0 Å². The number of unbranched alkanes of at least 4 members (excludes halogenated alkanes) is 18. The minimum atomic E-state index is -4.72. The Kier molecular flexibility index (Phi) is 56.1. The van der Waals surface area contributed by atoms with Gasteiger partial charge in [-0.05, 0) is 128 Å². The molecule has 1 N–H and O–H groups in total. The minimum absolute atomic E-state index is 0.0404. The fraction of sp³-hybridized carbons (Fsp3) is 0.634. The van der Waals surface area contributed by atoms with Gasteiger partial charge >= 0.3 is 5.97 Å². The molecule has 0 aliphatic heterocycles. The first-order valence-electron chi connectivity index (χ1n) is 32.1. The van der Waals surface area contributed by atoms with Crippen molar-refractivity contribution in [1.82, 2.24) is 5.32 Å². The van der Waals surface area contributed by atoms with E-state index in [4.69, 9.17) is 13.8 Å². The number of amides is 1. The molecule has 9 nitrogen and oxygen atoms in total. The molecular formula is C71H119N2O7P. The summed E-state index contributed by atoms with van der Waals surface area (Å²) < 4.78 is 30.3. The number of nitrogens with zero attached hydrogens (tertiary/aromatic N) is 1. The molecule has 460 valence electrons. The Labute approximate surface area is 498 Å². The van der Waals surface area contributed by atoms with Gasteiger partial charge in [0.2, 0.25) is 5.91 Å². The van der Waals surface area contributed by atoms with Gasteiger partial charge in [0.25, 0.3) is 7.82 Å². The summed E-state index contributed by atoms with van der Waals surface area (Å²) in [5.41, 5.74) is 0. The zero-order chi connectivity index (χ0) is 59.3. The van der Waals surface area contributed by atoms with Gasteiger partial charge in [0.15, 0.2) is 0 Å². The molecule has 3 unspecified atom stereocenters. The predicted octanol–water partition coefficient (Wildman–Crippen LogP) is 19.6. The molecule has 0 fully saturated rings. The Balaban J connectivity index is 5.28. The molecule has 0 aromatic carbocycles. The van der Waals surface area contributed by atoms with Crippen LogP contribution in [-0.4, -0.2) is 69.4 Å². The van der Waals surface area contributed by atoms with E-state index in [1.807, 2.05) is 33.3 Å². The van der Waals surface area contributed by atoms with Crippen molar-refractivity contribution < 1.29 is 37.3 Å². The largest absolute Gasteiger partial charge is 0.756 e. The maximum atomic E-state index is 13.6. The highest BCUT2D eigenvalue weighted by atomic mass is 31.2. The second-order valence-corrected chi connectivity index (χ2v) is 23.6. The summed E-state index contributed by atoms with van der Waals surface area (Å²) in [7, 11) is 1.13. The molecule has 1 amide bonds. The van der Waals surface area contributed by atoms with E-state index in [-0.39, 0.29) is 25.4 Å². The van der Waals surface area contributed by atoms with Gasteiger partial charge in [0.05, 0.1) is 33.8 Å². The molecule has 0 radical (unpaired) electrons. The van der Waals surface area contributed by atoms with Crippen molar-refractivity contribution in [3.63, 3.8) is 0 Å². The zero-order valence-corrected chi connectivity index (χ0v) is 53.3. The highest BCUT2D eigenvalue weighted by Crippen LogP contribution is 2.38. The SMILES string of the molecule is CC/C=C\C/C=C\C/C=C\C/C=C\C/C=C\C/C=C\CCCCC(=O)OC(/C=C/CCCCCCCCCCC)C(COP(=O)([O-])OCC[N+](C)(C)C)NC(=O)CCCCCCCCC/C=C\C/C=C\C/C=C\C/C=C\C/C=C\CC. The van der Waals surface area contributed by atoms with Crippen LogP contribution in [0.2, 0.25) is 0 Å². The molecule has 0 aromatic heterocycles. The van der Waals surface area contributed by atoms with Crippen molar-refractivity contribution in [3.05, 3.63) is 146 Å². The Morgan fingerprint density at radius 2 is 0.790 bits per heavy atom. The first-order valence-corrected chi connectivity index (χ1v) is 33.6. The highest BCUT2D eigenvalue weighted by molar-refractivity contribution is 7.45. The van der Waals surface area contributed by atoms with Crippen LogP contribution >= 0.6 is 7.82 Å². The second kappa shape index (κ2) is 59.1. The van der Waals surface area contributed by atoms with Crippen LogP contribution < -0.4 is 10.2 Å². The number of nitrogens with one attached hydrogen (secondary N) is 1. The number of phosphoric acid groups is 1. The van der Waals surface area contributed by atoms with Crippen LogP contribution in [0.5, 0.6) is 0 Å². The van der Waals surface area contributed by atoms with Crippen molar-refractivity contribution in [2.45, 2.75) is 251 Å². The monoisotopic (exact) mass is 1140 g/mol. The van der Waals surface area contributed by atoms with E-state index in [0.29, 0.717) is 23.9 Å². The van der Waals surface area contributed by atoms with E-state index < -0.39 is 32.5 Å². The number of rotatable bonds is 56. The number of hydrogen-bond donors (Lipinski definition) is 1. The van der Waals surface area contributed by atoms with E-state index in [1.165, 1.54) is 64.2 Å². The second-order valence-electron chi connectivity index (χ2n) is 22.1. The first kappa shape index (κ1) is 76.9. The third kappa shape index (κ3) is 60.3. The van der Waals surface area contributed by atoms with Crippen LogP contribution in [0.4, 0.5) is 0 Å². The van der Waals surface area contributed by atoms with Crippen molar-refractivity contribution in [2.24, 2.45) is 0 Å². The van der Waals surface area contributed by atoms with Gasteiger partial charge in [-0.2, -0.15) is 0 Å². The Morgan fingerprint density at radius 3 is 1.20 bits per heavy atom. The standard InChI is InChI=1S/C71H119N2O7P/c1-7-10-13-16-19-22-25-27-29-31-33-35-36-38-39-41-43-45-48-51-54-57-60-63-70(74)72-68(67-79-81(76,77)78-66-65-73(4,5)6)69(62-59-56-53-50-47-24-21-18-15-12-9-3)80-71(75)64-61-58-55-52-49-46-44-42-40-37-34-32-30-28-26-23-20-17-14-11-8-2/h10-11,13-14,19-20,22-23,27-30,33-35,37-39,42,44,49,52,59,62,68-69H,7-9,12,15-18,21,24-26,31-32,36,40-41,43,45-48,50-51,53-58,60-61,63-67H2,1-6H3,(H-,72,74,76,77)/b13-10-,14-11-,22-19-,23-20-,29-27-,30-28-,35-33-,37-34-,39-38-,44-42-,52-49-,62-59+. The lowest BCUT2D eigenvalue weighted by molar-refractivity contribution is -0.870. The maximum absolute atomic E-state index is 13.6. The van der Waals surface area contributed by atoms with Crippen molar-refractivity contribution in [1.29, 1.82) is 0 Å². The topological polar surface area (TPSA) is 114 Å².